The fourth-order valence-corrected chi connectivity index (χ4v) is 2.13. The van der Waals surface area contributed by atoms with Crippen molar-refractivity contribution < 1.29 is 30.2 Å². The first-order chi connectivity index (χ1) is 9.54. The second kappa shape index (κ2) is 4.66. The van der Waals surface area contributed by atoms with Crippen LogP contribution in [-0.2, 0) is 9.68 Å². The fourth-order valence-electron chi connectivity index (χ4n) is 2.13. The number of aliphatic hydroxyl groups excluding tert-OH is 3. The SMILES string of the molecule is O=c1c2c(ncn1[C@@H]1O[C@@H](CO)[C@@H](O)[C@H]1O)NON2O. The number of aliphatic hydroxyl groups is 3. The number of rotatable bonds is 2. The monoisotopic (exact) mass is 288 g/mol. The molecule has 110 valence electrons. The van der Waals surface area contributed by atoms with E-state index in [4.69, 9.17) is 9.84 Å². The van der Waals surface area contributed by atoms with Gasteiger partial charge in [-0.15, -0.1) is 4.94 Å². The zero-order valence-corrected chi connectivity index (χ0v) is 9.95. The smallest absolute Gasteiger partial charge is 0.286 e. The van der Waals surface area contributed by atoms with Crippen molar-refractivity contribution in [2.75, 3.05) is 17.3 Å². The van der Waals surface area contributed by atoms with E-state index >= 15 is 0 Å². The maximum Gasteiger partial charge on any atom is 0.286 e. The molecule has 1 saturated heterocycles. The van der Waals surface area contributed by atoms with Crippen molar-refractivity contribution in [1.29, 1.82) is 0 Å². The summed E-state index contributed by atoms with van der Waals surface area (Å²) in [4.78, 5) is 20.5. The third kappa shape index (κ3) is 1.76. The Labute approximate surface area is 111 Å². The second-order valence-corrected chi connectivity index (χ2v) is 4.35. The van der Waals surface area contributed by atoms with Crippen molar-refractivity contribution in [2.24, 2.45) is 0 Å². The number of anilines is 2. The van der Waals surface area contributed by atoms with Crippen LogP contribution in [0.3, 0.4) is 0 Å². The fraction of sp³-hybridized carbons (Fsp3) is 0.556. The average molecular weight is 288 g/mol. The zero-order chi connectivity index (χ0) is 14.4. The topological polar surface area (TPSA) is 150 Å². The molecule has 5 N–H and O–H groups in total. The predicted molar refractivity (Wildman–Crippen MR) is 60.5 cm³/mol. The minimum absolute atomic E-state index is 0.000457. The van der Waals surface area contributed by atoms with Gasteiger partial charge in [-0.05, 0) is 0 Å². The molecular weight excluding hydrogens is 276 g/mol. The number of hydrogen-bond acceptors (Lipinski definition) is 10. The summed E-state index contributed by atoms with van der Waals surface area (Å²) in [6.07, 6.45) is -3.95. The number of fused-ring (bicyclic) bond motifs is 1. The van der Waals surface area contributed by atoms with Crippen LogP contribution < -0.4 is 16.3 Å². The van der Waals surface area contributed by atoms with Gasteiger partial charge in [0.05, 0.1) is 6.61 Å². The Balaban J connectivity index is 2.00. The minimum Gasteiger partial charge on any atom is -0.394 e. The van der Waals surface area contributed by atoms with E-state index in [1.165, 1.54) is 0 Å². The van der Waals surface area contributed by atoms with Gasteiger partial charge in [0.1, 0.15) is 24.6 Å². The van der Waals surface area contributed by atoms with Gasteiger partial charge >= 0.3 is 0 Å². The summed E-state index contributed by atoms with van der Waals surface area (Å²) < 4.78 is 6.10. The average Bonchev–Trinajstić information content (AvgIpc) is 2.94. The molecule has 4 atom stereocenters. The molecule has 1 fully saturated rings. The molecule has 20 heavy (non-hydrogen) atoms. The van der Waals surface area contributed by atoms with Crippen LogP contribution in [0.5, 0.6) is 0 Å². The summed E-state index contributed by atoms with van der Waals surface area (Å²) in [5.74, 6) is 0.000457. The van der Waals surface area contributed by atoms with E-state index < -0.39 is 36.7 Å². The van der Waals surface area contributed by atoms with Crippen LogP contribution in [0.15, 0.2) is 11.1 Å². The highest BCUT2D eigenvalue weighted by molar-refractivity contribution is 5.63. The number of aromatic nitrogens is 2. The van der Waals surface area contributed by atoms with Gasteiger partial charge in [0.2, 0.25) is 5.69 Å². The molecule has 0 radical (unpaired) electrons. The highest BCUT2D eigenvalue weighted by Crippen LogP contribution is 2.30. The molecule has 3 rings (SSSR count). The zero-order valence-electron chi connectivity index (χ0n) is 9.95. The number of hydrogen-bond donors (Lipinski definition) is 5. The summed E-state index contributed by atoms with van der Waals surface area (Å²) in [5.41, 5.74) is 1.17. The van der Waals surface area contributed by atoms with Crippen LogP contribution in [0.1, 0.15) is 6.23 Å². The Bertz CT molecular complexity index is 578. The van der Waals surface area contributed by atoms with Crippen LogP contribution in [0.25, 0.3) is 0 Å². The molecule has 0 saturated carbocycles. The van der Waals surface area contributed by atoms with Gasteiger partial charge in [-0.2, -0.15) is 0 Å². The first-order valence-electron chi connectivity index (χ1n) is 5.70. The summed E-state index contributed by atoms with van der Waals surface area (Å²) in [5, 5.41) is 38.1. The summed E-state index contributed by atoms with van der Waals surface area (Å²) >= 11 is 0. The Morgan fingerprint density at radius 3 is 2.80 bits per heavy atom. The van der Waals surface area contributed by atoms with Crippen LogP contribution in [-0.4, -0.2) is 55.0 Å². The van der Waals surface area contributed by atoms with E-state index in [-0.39, 0.29) is 16.7 Å². The van der Waals surface area contributed by atoms with Crippen molar-refractivity contribution in [3.63, 3.8) is 0 Å². The van der Waals surface area contributed by atoms with Crippen molar-refractivity contribution in [1.82, 2.24) is 9.55 Å². The molecule has 0 amide bonds. The van der Waals surface area contributed by atoms with Gasteiger partial charge in [0.15, 0.2) is 12.0 Å². The van der Waals surface area contributed by atoms with Gasteiger partial charge < -0.3 is 20.1 Å². The highest BCUT2D eigenvalue weighted by atomic mass is 17.0. The van der Waals surface area contributed by atoms with Crippen LogP contribution >= 0.6 is 0 Å². The molecule has 1 aromatic rings. The summed E-state index contributed by atoms with van der Waals surface area (Å²) in [6.45, 7) is -0.515. The van der Waals surface area contributed by atoms with Crippen LogP contribution in [0.2, 0.25) is 0 Å². The molecule has 0 unspecified atom stereocenters. The number of nitrogens with zero attached hydrogens (tertiary/aromatic N) is 3. The molecule has 1 aromatic heterocycles. The van der Waals surface area contributed by atoms with Gasteiger partial charge in [-0.25, -0.2) is 10.5 Å². The lowest BCUT2D eigenvalue weighted by Crippen LogP contribution is -2.36. The Hall–Kier alpha value is -1.76. The van der Waals surface area contributed by atoms with E-state index in [0.717, 1.165) is 10.9 Å². The molecule has 2 aliphatic heterocycles. The molecule has 11 nitrogen and oxygen atoms in total. The van der Waals surface area contributed by atoms with E-state index in [9.17, 15) is 20.2 Å². The van der Waals surface area contributed by atoms with Crippen molar-refractivity contribution in [3.8, 4) is 0 Å². The van der Waals surface area contributed by atoms with Gasteiger partial charge in [0.25, 0.3) is 5.56 Å². The molecule has 3 heterocycles. The van der Waals surface area contributed by atoms with Gasteiger partial charge in [0, 0.05) is 0 Å². The lowest BCUT2D eigenvalue weighted by Gasteiger charge is -2.17. The Morgan fingerprint density at radius 2 is 2.15 bits per heavy atom. The summed E-state index contributed by atoms with van der Waals surface area (Å²) in [6, 6.07) is 0. The first-order valence-corrected chi connectivity index (χ1v) is 5.70. The van der Waals surface area contributed by atoms with E-state index in [2.05, 4.69) is 15.4 Å². The number of ether oxygens (including phenoxy) is 1. The third-order valence-corrected chi connectivity index (χ3v) is 3.18. The molecular formula is C9H12N4O7. The Morgan fingerprint density at radius 1 is 1.40 bits per heavy atom. The maximum atomic E-state index is 12.2. The standard InChI is InChI=1S/C9H12N4O7/c14-1-3-5(15)6(16)9(19-3)12-2-10-7-4(8(12)17)13(18)20-11-7/h2-3,5-6,9,11,14-16,18H,1H2/t3-,5+,6+,9+/m0/s1. The molecule has 0 bridgehead atoms. The first kappa shape index (κ1) is 13.2. The molecule has 11 heteroatoms. The van der Waals surface area contributed by atoms with Crippen molar-refractivity contribution in [2.45, 2.75) is 24.5 Å². The summed E-state index contributed by atoms with van der Waals surface area (Å²) in [7, 11) is 0. The van der Waals surface area contributed by atoms with Crippen LogP contribution in [0.4, 0.5) is 11.5 Å². The Kier molecular flexibility index (Phi) is 3.08. The normalized spacial score (nSPS) is 32.3. The molecule has 0 aromatic carbocycles. The lowest BCUT2D eigenvalue weighted by molar-refractivity contribution is -0.0551. The quantitative estimate of drug-likeness (QED) is 0.389. The predicted octanol–water partition coefficient (Wildman–Crippen LogP) is -2.68. The number of nitrogens with one attached hydrogen (secondary N) is 1. The van der Waals surface area contributed by atoms with Gasteiger partial charge in [-0.1, -0.05) is 5.23 Å². The maximum absolute atomic E-state index is 12.2. The van der Waals surface area contributed by atoms with E-state index in [1.54, 1.807) is 0 Å². The second-order valence-electron chi connectivity index (χ2n) is 4.35. The van der Waals surface area contributed by atoms with Crippen LogP contribution in [0, 0.1) is 0 Å². The third-order valence-electron chi connectivity index (χ3n) is 3.18. The molecule has 2 aliphatic rings. The van der Waals surface area contributed by atoms with Crippen molar-refractivity contribution >= 4 is 11.5 Å². The molecule has 0 spiro atoms. The van der Waals surface area contributed by atoms with E-state index in [1.807, 2.05) is 0 Å². The highest BCUT2D eigenvalue weighted by Gasteiger charge is 2.44. The van der Waals surface area contributed by atoms with Gasteiger partial charge in [-0.3, -0.25) is 14.6 Å². The lowest BCUT2D eigenvalue weighted by atomic mass is 10.1. The van der Waals surface area contributed by atoms with Crippen molar-refractivity contribution in [3.05, 3.63) is 16.7 Å². The molecule has 0 aliphatic carbocycles. The van der Waals surface area contributed by atoms with E-state index in [0.29, 0.717) is 0 Å². The largest absolute Gasteiger partial charge is 0.394 e. The minimum atomic E-state index is -1.42.